The monoisotopic (exact) mass is 236 g/mol. The second-order valence-electron chi connectivity index (χ2n) is 2.80. The van der Waals surface area contributed by atoms with Gasteiger partial charge in [-0.3, -0.25) is 4.99 Å². The maximum atomic E-state index is 10.6. The number of nitrogens with zero attached hydrogens (tertiary/aromatic N) is 2. The molecule has 0 amide bonds. The number of rotatable bonds is 5. The molecule has 0 bridgehead atoms. The molecule has 0 aromatic heterocycles. The van der Waals surface area contributed by atoms with Crippen molar-refractivity contribution >= 4 is 21.9 Å². The Labute approximate surface area is 88.7 Å². The number of hydrogen-bond donors (Lipinski definition) is 4. The summed E-state index contributed by atoms with van der Waals surface area (Å²) in [6.45, 7) is 0.655. The molecular formula is C6H16N6O2S. The van der Waals surface area contributed by atoms with E-state index in [-0.39, 0.29) is 11.9 Å². The Kier molecular flexibility index (Phi) is 5.64. The minimum atomic E-state index is -3.14. The molecule has 0 unspecified atom stereocenters. The summed E-state index contributed by atoms with van der Waals surface area (Å²) in [5.74, 6) is -0.181. The standard InChI is InChI=1S/C6H16N6O2S/c1-15(13,14)11-4-2-3-10-6(9)12-5(7)8/h11H,2-4H2,1H3,(H6,7,8,9,10,12). The Bertz CT molecular complexity index is 343. The molecule has 0 atom stereocenters. The number of nitrogens with one attached hydrogen (secondary N) is 1. The van der Waals surface area contributed by atoms with E-state index < -0.39 is 10.0 Å². The highest BCUT2D eigenvalue weighted by atomic mass is 32.2. The van der Waals surface area contributed by atoms with Crippen LogP contribution in [0.25, 0.3) is 0 Å². The van der Waals surface area contributed by atoms with E-state index in [9.17, 15) is 8.42 Å². The molecule has 7 N–H and O–H groups in total. The molecule has 0 aliphatic heterocycles. The van der Waals surface area contributed by atoms with E-state index in [0.717, 1.165) is 6.26 Å². The van der Waals surface area contributed by atoms with Gasteiger partial charge in [-0.1, -0.05) is 0 Å². The van der Waals surface area contributed by atoms with E-state index in [4.69, 9.17) is 17.2 Å². The Morgan fingerprint density at radius 1 is 1.33 bits per heavy atom. The van der Waals surface area contributed by atoms with Crippen LogP contribution in [0.2, 0.25) is 0 Å². The van der Waals surface area contributed by atoms with E-state index in [1.54, 1.807) is 0 Å². The van der Waals surface area contributed by atoms with Crippen LogP contribution in [0.3, 0.4) is 0 Å². The first-order valence-corrected chi connectivity index (χ1v) is 6.04. The van der Waals surface area contributed by atoms with Crippen molar-refractivity contribution in [1.29, 1.82) is 0 Å². The van der Waals surface area contributed by atoms with E-state index in [2.05, 4.69) is 14.7 Å². The zero-order valence-corrected chi connectivity index (χ0v) is 9.29. The minimum absolute atomic E-state index is 0.0191. The average Bonchev–Trinajstić information content (AvgIpc) is 1.99. The van der Waals surface area contributed by atoms with E-state index >= 15 is 0 Å². The largest absolute Gasteiger partial charge is 0.370 e. The van der Waals surface area contributed by atoms with E-state index in [1.165, 1.54) is 0 Å². The smallest absolute Gasteiger partial charge is 0.218 e. The lowest BCUT2D eigenvalue weighted by Gasteiger charge is -1.99. The molecule has 0 aromatic rings. The van der Waals surface area contributed by atoms with Gasteiger partial charge in [-0.25, -0.2) is 13.1 Å². The van der Waals surface area contributed by atoms with Crippen molar-refractivity contribution in [2.45, 2.75) is 6.42 Å². The van der Waals surface area contributed by atoms with Crippen LogP contribution in [-0.2, 0) is 10.0 Å². The number of aliphatic imine (C=N–C) groups is 2. The predicted molar refractivity (Wildman–Crippen MR) is 59.8 cm³/mol. The fraction of sp³-hybridized carbons (Fsp3) is 0.667. The first-order valence-electron chi connectivity index (χ1n) is 4.15. The number of nitrogens with two attached hydrogens (primary N) is 3. The van der Waals surface area contributed by atoms with E-state index in [0.29, 0.717) is 19.5 Å². The van der Waals surface area contributed by atoms with E-state index in [1.807, 2.05) is 0 Å². The summed E-state index contributed by atoms with van der Waals surface area (Å²) in [7, 11) is -3.14. The average molecular weight is 236 g/mol. The zero-order chi connectivity index (χ0) is 11.9. The Morgan fingerprint density at radius 2 is 1.93 bits per heavy atom. The van der Waals surface area contributed by atoms with Gasteiger partial charge in [0, 0.05) is 13.1 Å². The molecular weight excluding hydrogens is 220 g/mol. The molecule has 88 valence electrons. The summed E-state index contributed by atoms with van der Waals surface area (Å²) in [5, 5.41) is 0. The second kappa shape index (κ2) is 6.19. The Balaban J connectivity index is 3.76. The van der Waals surface area contributed by atoms with Crippen LogP contribution < -0.4 is 21.9 Å². The van der Waals surface area contributed by atoms with Gasteiger partial charge in [0.2, 0.25) is 16.0 Å². The third kappa shape index (κ3) is 10.6. The van der Waals surface area contributed by atoms with Crippen molar-refractivity contribution in [2.24, 2.45) is 27.2 Å². The lowest BCUT2D eigenvalue weighted by molar-refractivity contribution is 0.586. The van der Waals surface area contributed by atoms with Crippen LogP contribution >= 0.6 is 0 Å². The minimum Gasteiger partial charge on any atom is -0.370 e. The summed E-state index contributed by atoms with van der Waals surface area (Å²) < 4.78 is 23.6. The highest BCUT2D eigenvalue weighted by molar-refractivity contribution is 7.88. The number of sulfonamides is 1. The zero-order valence-electron chi connectivity index (χ0n) is 8.47. The van der Waals surface area contributed by atoms with Gasteiger partial charge in [-0.15, -0.1) is 0 Å². The molecule has 0 fully saturated rings. The van der Waals surface area contributed by atoms with Gasteiger partial charge in [0.25, 0.3) is 0 Å². The normalized spacial score (nSPS) is 12.5. The molecule has 0 radical (unpaired) electrons. The summed E-state index contributed by atoms with van der Waals surface area (Å²) in [6.07, 6.45) is 1.61. The van der Waals surface area contributed by atoms with Gasteiger partial charge in [0.05, 0.1) is 6.26 Å². The van der Waals surface area contributed by atoms with Crippen LogP contribution in [0.5, 0.6) is 0 Å². The van der Waals surface area contributed by atoms with Gasteiger partial charge in [0.15, 0.2) is 5.96 Å². The molecule has 0 aliphatic rings. The molecule has 0 aliphatic carbocycles. The first-order chi connectivity index (χ1) is 6.81. The van der Waals surface area contributed by atoms with Gasteiger partial charge in [-0.05, 0) is 6.42 Å². The first kappa shape index (κ1) is 13.7. The number of guanidine groups is 2. The molecule has 0 saturated carbocycles. The van der Waals surface area contributed by atoms with Gasteiger partial charge in [-0.2, -0.15) is 4.99 Å². The van der Waals surface area contributed by atoms with Crippen molar-refractivity contribution < 1.29 is 8.42 Å². The molecule has 15 heavy (non-hydrogen) atoms. The maximum Gasteiger partial charge on any atom is 0.218 e. The molecule has 0 heterocycles. The highest BCUT2D eigenvalue weighted by Crippen LogP contribution is 1.82. The van der Waals surface area contributed by atoms with Gasteiger partial charge < -0.3 is 17.2 Å². The third-order valence-electron chi connectivity index (χ3n) is 1.22. The number of hydrogen-bond acceptors (Lipinski definition) is 3. The molecule has 0 spiro atoms. The Hall–Kier alpha value is -1.35. The quantitative estimate of drug-likeness (QED) is 0.237. The van der Waals surface area contributed by atoms with Crippen molar-refractivity contribution in [3.63, 3.8) is 0 Å². The lowest BCUT2D eigenvalue weighted by Crippen LogP contribution is -2.27. The fourth-order valence-electron chi connectivity index (χ4n) is 0.698. The SMILES string of the molecule is CS(=O)(=O)NCCCN=C(N)N=C(N)N. The summed E-state index contributed by atoms with van der Waals surface area (Å²) in [5.41, 5.74) is 15.4. The van der Waals surface area contributed by atoms with Crippen LogP contribution in [0.15, 0.2) is 9.98 Å². The lowest BCUT2D eigenvalue weighted by atomic mass is 10.4. The van der Waals surface area contributed by atoms with Gasteiger partial charge in [0.1, 0.15) is 0 Å². The second-order valence-corrected chi connectivity index (χ2v) is 4.63. The van der Waals surface area contributed by atoms with Crippen molar-refractivity contribution in [1.82, 2.24) is 4.72 Å². The Morgan fingerprint density at radius 3 is 2.40 bits per heavy atom. The third-order valence-corrected chi connectivity index (χ3v) is 1.95. The van der Waals surface area contributed by atoms with Crippen molar-refractivity contribution in [3.05, 3.63) is 0 Å². The molecule has 9 heteroatoms. The van der Waals surface area contributed by atoms with Crippen LogP contribution in [0.1, 0.15) is 6.42 Å². The van der Waals surface area contributed by atoms with Gasteiger partial charge >= 0.3 is 0 Å². The molecule has 0 aromatic carbocycles. The molecule has 0 saturated heterocycles. The molecule has 0 rings (SSSR count). The summed E-state index contributed by atoms with van der Waals surface area (Å²) in [4.78, 5) is 7.28. The summed E-state index contributed by atoms with van der Waals surface area (Å²) >= 11 is 0. The topological polar surface area (TPSA) is 149 Å². The summed E-state index contributed by atoms with van der Waals surface area (Å²) in [6, 6.07) is 0. The predicted octanol–water partition coefficient (Wildman–Crippen LogP) is -2.49. The van der Waals surface area contributed by atoms with Crippen LogP contribution in [0.4, 0.5) is 0 Å². The van der Waals surface area contributed by atoms with Crippen molar-refractivity contribution in [3.8, 4) is 0 Å². The highest BCUT2D eigenvalue weighted by Gasteiger charge is 1.97. The van der Waals surface area contributed by atoms with Crippen LogP contribution in [0, 0.1) is 0 Å². The molecule has 8 nitrogen and oxygen atoms in total. The van der Waals surface area contributed by atoms with Crippen LogP contribution in [-0.4, -0.2) is 39.7 Å². The fourth-order valence-corrected chi connectivity index (χ4v) is 1.21. The van der Waals surface area contributed by atoms with Crippen molar-refractivity contribution in [2.75, 3.05) is 19.3 Å². The maximum absolute atomic E-state index is 10.6.